The molecule has 1 aromatic heterocycles. The van der Waals surface area contributed by atoms with Crippen LogP contribution in [0.1, 0.15) is 34.7 Å². The Morgan fingerprint density at radius 2 is 1.70 bits per heavy atom. The summed E-state index contributed by atoms with van der Waals surface area (Å²) in [6.45, 7) is 4.90. The number of carbonyl (C=O) groups is 1. The number of nitrogens with zero attached hydrogens (tertiary/aromatic N) is 1. The molecule has 1 amide bonds. The second-order valence-corrected chi connectivity index (χ2v) is 7.30. The van der Waals surface area contributed by atoms with E-state index in [0.29, 0.717) is 41.7 Å². The summed E-state index contributed by atoms with van der Waals surface area (Å²) in [6.07, 6.45) is 1.47. The third-order valence-corrected chi connectivity index (χ3v) is 5.75. The maximum atomic E-state index is 12.9. The van der Waals surface area contributed by atoms with Gasteiger partial charge in [0.2, 0.25) is 5.75 Å². The summed E-state index contributed by atoms with van der Waals surface area (Å²) in [5, 5.41) is 0. The van der Waals surface area contributed by atoms with E-state index in [9.17, 15) is 4.79 Å². The highest BCUT2D eigenvalue weighted by molar-refractivity contribution is 9.10. The topological polar surface area (TPSA) is 61.1 Å². The van der Waals surface area contributed by atoms with Gasteiger partial charge in [0.15, 0.2) is 11.5 Å². The van der Waals surface area contributed by atoms with Gasteiger partial charge in [-0.05, 0) is 41.9 Å². The number of halogens is 1. The molecular formula is C20H24BrNO5. The lowest BCUT2D eigenvalue weighted by atomic mass is 10.1. The predicted octanol–water partition coefficient (Wildman–Crippen LogP) is 4.36. The number of likely N-dealkylation sites (tertiary alicyclic amines) is 1. The third kappa shape index (κ3) is 3.93. The van der Waals surface area contributed by atoms with Crippen LogP contribution in [0.5, 0.6) is 17.2 Å². The summed E-state index contributed by atoms with van der Waals surface area (Å²) in [5.74, 6) is 3.24. The Kier molecular flexibility index (Phi) is 5.99. The standard InChI is InChI=1S/C20H24BrNO5/c1-12-17(18(21)13(2)26-12)20(23)22-10-8-14(9-11-22)27-19-15(24-3)6-5-7-16(19)25-4/h5-7,14H,8-11H2,1-4H3. The van der Waals surface area contributed by atoms with Crippen molar-refractivity contribution < 1.29 is 23.4 Å². The summed E-state index contributed by atoms with van der Waals surface area (Å²) in [5.41, 5.74) is 0.610. The molecule has 7 heteroatoms. The Morgan fingerprint density at radius 3 is 2.19 bits per heavy atom. The first-order valence-electron chi connectivity index (χ1n) is 8.88. The minimum atomic E-state index is -0.00968. The number of furan rings is 1. The Hall–Kier alpha value is -2.15. The lowest BCUT2D eigenvalue weighted by Crippen LogP contribution is -2.42. The van der Waals surface area contributed by atoms with Gasteiger partial charge in [-0.15, -0.1) is 0 Å². The zero-order valence-corrected chi connectivity index (χ0v) is 17.6. The molecule has 2 heterocycles. The molecule has 0 spiro atoms. The minimum Gasteiger partial charge on any atom is -0.493 e. The second kappa shape index (κ2) is 8.25. The van der Waals surface area contributed by atoms with E-state index >= 15 is 0 Å². The molecule has 0 atom stereocenters. The fourth-order valence-corrected chi connectivity index (χ4v) is 3.87. The molecule has 0 N–H and O–H groups in total. The number of para-hydroxylation sites is 1. The van der Waals surface area contributed by atoms with E-state index in [0.717, 1.165) is 23.1 Å². The lowest BCUT2D eigenvalue weighted by molar-refractivity contribution is 0.0583. The number of piperidine rings is 1. The van der Waals surface area contributed by atoms with E-state index < -0.39 is 0 Å². The second-order valence-electron chi connectivity index (χ2n) is 6.50. The molecule has 1 aliphatic heterocycles. The van der Waals surface area contributed by atoms with Crippen LogP contribution in [-0.2, 0) is 0 Å². The normalized spacial score (nSPS) is 14.9. The van der Waals surface area contributed by atoms with Crippen molar-refractivity contribution in [3.8, 4) is 17.2 Å². The van der Waals surface area contributed by atoms with Crippen LogP contribution in [-0.4, -0.2) is 44.2 Å². The van der Waals surface area contributed by atoms with Gasteiger partial charge in [-0.3, -0.25) is 4.79 Å². The quantitative estimate of drug-likeness (QED) is 0.695. The highest BCUT2D eigenvalue weighted by atomic mass is 79.9. The van der Waals surface area contributed by atoms with Crippen molar-refractivity contribution in [2.45, 2.75) is 32.8 Å². The molecule has 1 aliphatic rings. The summed E-state index contributed by atoms with van der Waals surface area (Å²) in [4.78, 5) is 14.7. The van der Waals surface area contributed by atoms with Crippen molar-refractivity contribution in [1.29, 1.82) is 0 Å². The zero-order valence-electron chi connectivity index (χ0n) is 16.0. The van der Waals surface area contributed by atoms with Gasteiger partial charge in [0.05, 0.1) is 24.3 Å². The monoisotopic (exact) mass is 437 g/mol. The van der Waals surface area contributed by atoms with Crippen LogP contribution >= 0.6 is 15.9 Å². The van der Waals surface area contributed by atoms with Gasteiger partial charge in [0.25, 0.3) is 5.91 Å². The molecule has 3 rings (SSSR count). The maximum absolute atomic E-state index is 12.9. The minimum absolute atomic E-state index is 0.00475. The number of methoxy groups -OCH3 is 2. The average molecular weight is 438 g/mol. The molecule has 0 bridgehead atoms. The van der Waals surface area contributed by atoms with Crippen molar-refractivity contribution in [2.24, 2.45) is 0 Å². The highest BCUT2D eigenvalue weighted by Gasteiger charge is 2.29. The zero-order chi connectivity index (χ0) is 19.6. The first-order valence-corrected chi connectivity index (χ1v) is 9.68. The molecule has 0 unspecified atom stereocenters. The molecule has 27 heavy (non-hydrogen) atoms. The van der Waals surface area contributed by atoms with Gasteiger partial charge in [-0.25, -0.2) is 0 Å². The number of ether oxygens (including phenoxy) is 3. The van der Waals surface area contributed by atoms with Crippen molar-refractivity contribution in [3.05, 3.63) is 39.8 Å². The number of hydrogen-bond donors (Lipinski definition) is 0. The molecule has 2 aromatic rings. The van der Waals surface area contributed by atoms with E-state index in [2.05, 4.69) is 15.9 Å². The summed E-state index contributed by atoms with van der Waals surface area (Å²) in [6, 6.07) is 5.55. The van der Waals surface area contributed by atoms with Gasteiger partial charge < -0.3 is 23.5 Å². The molecule has 0 saturated carbocycles. The molecular weight excluding hydrogens is 414 g/mol. The molecule has 1 aromatic carbocycles. The first kappa shape index (κ1) is 19.6. The SMILES string of the molecule is COc1cccc(OC)c1OC1CCN(C(=O)c2c(C)oc(C)c2Br)CC1. The first-order chi connectivity index (χ1) is 13.0. The molecule has 1 saturated heterocycles. The van der Waals surface area contributed by atoms with Crippen LogP contribution in [0.2, 0.25) is 0 Å². The number of rotatable bonds is 5. The van der Waals surface area contributed by atoms with Crippen molar-refractivity contribution in [2.75, 3.05) is 27.3 Å². The van der Waals surface area contributed by atoms with Crippen molar-refractivity contribution >= 4 is 21.8 Å². The smallest absolute Gasteiger partial charge is 0.258 e. The van der Waals surface area contributed by atoms with E-state index in [1.807, 2.05) is 36.9 Å². The highest BCUT2D eigenvalue weighted by Crippen LogP contribution is 2.38. The van der Waals surface area contributed by atoms with E-state index in [-0.39, 0.29) is 12.0 Å². The molecule has 0 aliphatic carbocycles. The van der Waals surface area contributed by atoms with Crippen molar-refractivity contribution in [3.63, 3.8) is 0 Å². The number of hydrogen-bond acceptors (Lipinski definition) is 5. The van der Waals surface area contributed by atoms with Gasteiger partial charge in [-0.1, -0.05) is 6.07 Å². The summed E-state index contributed by atoms with van der Waals surface area (Å²) in [7, 11) is 3.21. The predicted molar refractivity (Wildman–Crippen MR) is 105 cm³/mol. The lowest BCUT2D eigenvalue weighted by Gasteiger charge is -2.32. The van der Waals surface area contributed by atoms with Gasteiger partial charge in [0, 0.05) is 25.9 Å². The van der Waals surface area contributed by atoms with Crippen LogP contribution in [0.3, 0.4) is 0 Å². The van der Waals surface area contributed by atoms with E-state index in [1.54, 1.807) is 14.2 Å². The maximum Gasteiger partial charge on any atom is 0.258 e. The number of benzene rings is 1. The van der Waals surface area contributed by atoms with Crippen LogP contribution in [0.25, 0.3) is 0 Å². The molecule has 0 radical (unpaired) electrons. The van der Waals surface area contributed by atoms with Crippen molar-refractivity contribution in [1.82, 2.24) is 4.90 Å². The largest absolute Gasteiger partial charge is 0.493 e. The van der Waals surface area contributed by atoms with Gasteiger partial charge in [0.1, 0.15) is 17.6 Å². The van der Waals surface area contributed by atoms with E-state index in [1.165, 1.54) is 0 Å². The molecule has 146 valence electrons. The Balaban J connectivity index is 1.67. The summed E-state index contributed by atoms with van der Waals surface area (Å²) >= 11 is 3.46. The van der Waals surface area contributed by atoms with Crippen LogP contribution < -0.4 is 14.2 Å². The Bertz CT molecular complexity index is 802. The molecule has 6 nitrogen and oxygen atoms in total. The van der Waals surface area contributed by atoms with Gasteiger partial charge >= 0.3 is 0 Å². The van der Waals surface area contributed by atoms with Crippen LogP contribution in [0, 0.1) is 13.8 Å². The van der Waals surface area contributed by atoms with Crippen LogP contribution in [0.4, 0.5) is 0 Å². The third-order valence-electron chi connectivity index (χ3n) is 4.80. The fraction of sp³-hybridized carbons (Fsp3) is 0.450. The number of amides is 1. The number of aryl methyl sites for hydroxylation is 2. The van der Waals surface area contributed by atoms with Gasteiger partial charge in [-0.2, -0.15) is 0 Å². The molecule has 1 fully saturated rings. The summed E-state index contributed by atoms with van der Waals surface area (Å²) < 4.78 is 23.2. The van der Waals surface area contributed by atoms with Crippen LogP contribution in [0.15, 0.2) is 27.1 Å². The number of carbonyl (C=O) groups excluding carboxylic acids is 1. The average Bonchev–Trinajstić information content (AvgIpc) is 2.93. The van der Waals surface area contributed by atoms with E-state index in [4.69, 9.17) is 18.6 Å². The Morgan fingerprint density at radius 1 is 1.11 bits per heavy atom. The fourth-order valence-electron chi connectivity index (χ4n) is 3.34. The Labute approximate surface area is 167 Å².